The number of benzene rings is 2. The van der Waals surface area contributed by atoms with Gasteiger partial charge in [-0.25, -0.2) is 4.39 Å². The van der Waals surface area contributed by atoms with Gasteiger partial charge in [0.2, 0.25) is 5.78 Å². The second-order valence-corrected chi connectivity index (χ2v) is 4.50. The van der Waals surface area contributed by atoms with Gasteiger partial charge in [0.05, 0.1) is 0 Å². The van der Waals surface area contributed by atoms with Crippen LogP contribution in [0.3, 0.4) is 0 Å². The Morgan fingerprint density at radius 3 is 2.42 bits per heavy atom. The van der Waals surface area contributed by atoms with Crippen molar-refractivity contribution in [2.45, 2.75) is 13.0 Å². The molecule has 0 aliphatic rings. The Kier molecular flexibility index (Phi) is 4.17. The minimum Gasteiger partial charge on any atom is -0.479 e. The van der Waals surface area contributed by atoms with Crippen molar-refractivity contribution in [1.82, 2.24) is 0 Å². The molecule has 0 fully saturated rings. The molecule has 2 rings (SSSR count). The molecule has 0 bridgehead atoms. The van der Waals surface area contributed by atoms with Gasteiger partial charge in [-0.1, -0.05) is 23.7 Å². The van der Waals surface area contributed by atoms with E-state index in [1.54, 1.807) is 43.3 Å². The highest BCUT2D eigenvalue weighted by Crippen LogP contribution is 2.19. The van der Waals surface area contributed by atoms with Crippen LogP contribution in [-0.4, -0.2) is 11.9 Å². The summed E-state index contributed by atoms with van der Waals surface area (Å²) in [4.78, 5) is 12.1. The summed E-state index contributed by atoms with van der Waals surface area (Å²) in [5.74, 6) is -0.643. The van der Waals surface area contributed by atoms with Crippen molar-refractivity contribution in [3.63, 3.8) is 0 Å². The molecule has 4 heteroatoms. The van der Waals surface area contributed by atoms with Crippen molar-refractivity contribution in [3.05, 3.63) is 64.9 Å². The van der Waals surface area contributed by atoms with Gasteiger partial charge < -0.3 is 4.74 Å². The smallest absolute Gasteiger partial charge is 0.202 e. The van der Waals surface area contributed by atoms with Crippen molar-refractivity contribution in [1.29, 1.82) is 0 Å². The molecule has 0 aliphatic heterocycles. The molecular weight excluding hydrogens is 267 g/mol. The Morgan fingerprint density at radius 1 is 1.16 bits per heavy atom. The first-order valence-electron chi connectivity index (χ1n) is 5.79. The lowest BCUT2D eigenvalue weighted by Crippen LogP contribution is -2.24. The maximum atomic E-state index is 13.4. The highest BCUT2D eigenvalue weighted by atomic mass is 35.5. The van der Waals surface area contributed by atoms with Crippen molar-refractivity contribution < 1.29 is 13.9 Å². The molecule has 2 aromatic rings. The van der Waals surface area contributed by atoms with Crippen LogP contribution in [0.25, 0.3) is 0 Å². The minimum absolute atomic E-state index is 0.0670. The number of carbonyl (C=O) groups is 1. The first kappa shape index (κ1) is 13.6. The van der Waals surface area contributed by atoms with E-state index < -0.39 is 11.9 Å². The van der Waals surface area contributed by atoms with Gasteiger partial charge in [-0.2, -0.15) is 0 Å². The van der Waals surface area contributed by atoms with E-state index in [-0.39, 0.29) is 11.5 Å². The van der Waals surface area contributed by atoms with Crippen LogP contribution in [-0.2, 0) is 0 Å². The molecule has 0 saturated carbocycles. The first-order valence-corrected chi connectivity index (χ1v) is 6.16. The van der Waals surface area contributed by atoms with Gasteiger partial charge in [-0.3, -0.25) is 4.79 Å². The van der Waals surface area contributed by atoms with Crippen molar-refractivity contribution in [3.8, 4) is 5.75 Å². The molecule has 98 valence electrons. The highest BCUT2D eigenvalue weighted by Gasteiger charge is 2.18. The molecule has 0 spiro atoms. The van der Waals surface area contributed by atoms with Crippen LogP contribution in [0.15, 0.2) is 48.5 Å². The van der Waals surface area contributed by atoms with Gasteiger partial charge in [0.1, 0.15) is 0 Å². The number of rotatable bonds is 4. The van der Waals surface area contributed by atoms with E-state index in [4.69, 9.17) is 16.3 Å². The lowest BCUT2D eigenvalue weighted by atomic mass is 10.1. The van der Waals surface area contributed by atoms with Crippen molar-refractivity contribution >= 4 is 17.4 Å². The maximum Gasteiger partial charge on any atom is 0.202 e. The van der Waals surface area contributed by atoms with Crippen molar-refractivity contribution in [2.75, 3.05) is 0 Å². The predicted octanol–water partition coefficient (Wildman–Crippen LogP) is 4.13. The van der Waals surface area contributed by atoms with Crippen LogP contribution in [0.5, 0.6) is 5.75 Å². The summed E-state index contributed by atoms with van der Waals surface area (Å²) in [6, 6.07) is 12.5. The number of Topliss-reactive ketones (excluding diaryl/α,β-unsaturated/α-hetero) is 1. The third-order valence-corrected chi connectivity index (χ3v) is 2.89. The Morgan fingerprint density at radius 2 is 1.79 bits per heavy atom. The summed E-state index contributed by atoms with van der Waals surface area (Å²) in [6.45, 7) is 1.59. The van der Waals surface area contributed by atoms with E-state index in [0.29, 0.717) is 10.6 Å². The normalized spacial score (nSPS) is 11.9. The summed E-state index contributed by atoms with van der Waals surface area (Å²) in [6.07, 6.45) is -0.766. The fraction of sp³-hybridized carbons (Fsp3) is 0.133. The van der Waals surface area contributed by atoms with Crippen LogP contribution in [0, 0.1) is 5.82 Å². The number of ketones is 1. The van der Waals surface area contributed by atoms with E-state index in [2.05, 4.69) is 0 Å². The molecule has 0 radical (unpaired) electrons. The van der Waals surface area contributed by atoms with Gasteiger partial charge in [-0.15, -0.1) is 0 Å². The Bertz CT molecular complexity index is 581. The van der Waals surface area contributed by atoms with Crippen LogP contribution in [0.4, 0.5) is 4.39 Å². The number of carbonyl (C=O) groups excluding carboxylic acids is 1. The molecule has 19 heavy (non-hydrogen) atoms. The molecule has 1 atom stereocenters. The largest absolute Gasteiger partial charge is 0.479 e. The monoisotopic (exact) mass is 278 g/mol. The molecule has 0 aliphatic carbocycles. The molecule has 0 amide bonds. The Labute approximate surface area is 115 Å². The number of halogens is 2. The average Bonchev–Trinajstić information content (AvgIpc) is 2.41. The highest BCUT2D eigenvalue weighted by molar-refractivity contribution is 6.30. The summed E-state index contributed by atoms with van der Waals surface area (Å²) in [5.41, 5.74) is 0.480. The number of hydrogen-bond acceptors (Lipinski definition) is 2. The molecule has 0 aromatic heterocycles. The summed E-state index contributed by atoms with van der Waals surface area (Å²) < 4.78 is 18.7. The molecule has 0 N–H and O–H groups in total. The van der Waals surface area contributed by atoms with Crippen LogP contribution >= 0.6 is 11.6 Å². The Hall–Kier alpha value is -1.87. The van der Waals surface area contributed by atoms with E-state index in [9.17, 15) is 9.18 Å². The molecule has 0 heterocycles. The second-order valence-electron chi connectivity index (χ2n) is 4.06. The first-order chi connectivity index (χ1) is 9.08. The second kappa shape index (κ2) is 5.85. The van der Waals surface area contributed by atoms with Crippen LogP contribution < -0.4 is 4.74 Å². The average molecular weight is 279 g/mol. The third-order valence-electron chi connectivity index (χ3n) is 2.64. The fourth-order valence-corrected chi connectivity index (χ4v) is 1.76. The van der Waals surface area contributed by atoms with E-state index in [0.717, 1.165) is 0 Å². The van der Waals surface area contributed by atoms with Gasteiger partial charge in [0, 0.05) is 10.6 Å². The lowest BCUT2D eigenvalue weighted by molar-refractivity contribution is 0.0812. The standard InChI is InChI=1S/C15H12ClFO2/c1-10(19-14-5-3-2-4-13(14)17)15(18)11-6-8-12(16)9-7-11/h2-10H,1H3. The SMILES string of the molecule is CC(Oc1ccccc1F)C(=O)c1ccc(Cl)cc1. The van der Waals surface area contributed by atoms with Gasteiger partial charge in [-0.05, 0) is 43.3 Å². The fourth-order valence-electron chi connectivity index (χ4n) is 1.63. The lowest BCUT2D eigenvalue weighted by Gasteiger charge is -2.14. The summed E-state index contributed by atoms with van der Waals surface area (Å²) >= 11 is 5.75. The predicted molar refractivity (Wildman–Crippen MR) is 72.3 cm³/mol. The topological polar surface area (TPSA) is 26.3 Å². The molecule has 2 nitrogen and oxygen atoms in total. The zero-order valence-corrected chi connectivity index (χ0v) is 11.0. The molecular formula is C15H12ClFO2. The number of para-hydroxylation sites is 1. The van der Waals surface area contributed by atoms with Crippen molar-refractivity contribution in [2.24, 2.45) is 0 Å². The van der Waals surface area contributed by atoms with E-state index >= 15 is 0 Å². The molecule has 2 aromatic carbocycles. The quantitative estimate of drug-likeness (QED) is 0.786. The van der Waals surface area contributed by atoms with Gasteiger partial charge >= 0.3 is 0 Å². The summed E-state index contributed by atoms with van der Waals surface area (Å²) in [5, 5.41) is 0.555. The van der Waals surface area contributed by atoms with Gasteiger partial charge in [0.25, 0.3) is 0 Å². The third kappa shape index (κ3) is 3.32. The summed E-state index contributed by atoms with van der Waals surface area (Å²) in [7, 11) is 0. The van der Waals surface area contributed by atoms with Gasteiger partial charge in [0.15, 0.2) is 17.7 Å². The molecule has 0 saturated heterocycles. The minimum atomic E-state index is -0.766. The van der Waals surface area contributed by atoms with Crippen LogP contribution in [0.2, 0.25) is 5.02 Å². The van der Waals surface area contributed by atoms with Crippen LogP contribution in [0.1, 0.15) is 17.3 Å². The number of hydrogen-bond donors (Lipinski definition) is 0. The number of ether oxygens (including phenoxy) is 1. The maximum absolute atomic E-state index is 13.4. The Balaban J connectivity index is 2.12. The van der Waals surface area contributed by atoms with E-state index in [1.165, 1.54) is 12.1 Å². The molecule has 1 unspecified atom stereocenters. The zero-order valence-electron chi connectivity index (χ0n) is 10.3. The van der Waals surface area contributed by atoms with E-state index in [1.807, 2.05) is 0 Å². The zero-order chi connectivity index (χ0) is 13.8.